The Morgan fingerprint density at radius 3 is 2.80 bits per heavy atom. The Hall–Kier alpha value is -3.41. The van der Waals surface area contributed by atoms with Gasteiger partial charge in [-0.15, -0.1) is 0 Å². The molecule has 3 aromatic rings. The van der Waals surface area contributed by atoms with Gasteiger partial charge in [0.05, 0.1) is 0 Å². The molecule has 6 heteroatoms. The number of hydrogen-bond acceptors (Lipinski definition) is 5. The second-order valence-corrected chi connectivity index (χ2v) is 8.05. The van der Waals surface area contributed by atoms with Crippen LogP contribution < -0.4 is 16.0 Å². The highest BCUT2D eigenvalue weighted by Gasteiger charge is 2.16. The zero-order valence-electron chi connectivity index (χ0n) is 17.1. The molecule has 0 atom stereocenters. The van der Waals surface area contributed by atoms with Gasteiger partial charge in [0.25, 0.3) is 0 Å². The van der Waals surface area contributed by atoms with Gasteiger partial charge < -0.3 is 16.0 Å². The first kappa shape index (κ1) is 18.6. The maximum atomic E-state index is 11.6. The Morgan fingerprint density at radius 2 is 1.87 bits per heavy atom. The summed E-state index contributed by atoms with van der Waals surface area (Å²) < 4.78 is 0. The van der Waals surface area contributed by atoms with Crippen molar-refractivity contribution in [2.45, 2.75) is 45.4 Å². The molecule has 1 aromatic heterocycles. The second-order valence-electron chi connectivity index (χ2n) is 8.05. The third kappa shape index (κ3) is 3.73. The van der Waals surface area contributed by atoms with Crippen LogP contribution in [0.2, 0.25) is 0 Å². The van der Waals surface area contributed by atoms with E-state index < -0.39 is 0 Å². The van der Waals surface area contributed by atoms with E-state index in [9.17, 15) is 4.79 Å². The van der Waals surface area contributed by atoms with Crippen LogP contribution in [0.15, 0.2) is 42.6 Å². The molecule has 0 unspecified atom stereocenters. The summed E-state index contributed by atoms with van der Waals surface area (Å²) in [6.45, 7) is 2.02. The number of fused-ring (bicyclic) bond motifs is 2. The summed E-state index contributed by atoms with van der Waals surface area (Å²) in [5, 5.41) is 9.76. The van der Waals surface area contributed by atoms with E-state index in [1.807, 2.05) is 25.3 Å². The molecule has 0 saturated heterocycles. The van der Waals surface area contributed by atoms with Crippen LogP contribution in [0.1, 0.15) is 41.5 Å². The fraction of sp³-hybridized carbons (Fsp3) is 0.292. The second kappa shape index (κ2) is 7.78. The molecule has 1 aliphatic carbocycles. The molecular weight excluding hydrogens is 374 g/mol. The van der Waals surface area contributed by atoms with Gasteiger partial charge in [-0.3, -0.25) is 4.79 Å². The summed E-state index contributed by atoms with van der Waals surface area (Å²) >= 11 is 0. The van der Waals surface area contributed by atoms with Crippen molar-refractivity contribution in [3.63, 3.8) is 0 Å². The van der Waals surface area contributed by atoms with Crippen LogP contribution in [0, 0.1) is 6.92 Å². The standard InChI is InChI=1S/C24H25N5O/c1-15-14-25-24(26-18-10-11-20-17(13-18)9-12-22(30)27-20)29-23(15)28-21-8-4-6-16-5-2-3-7-19(16)21/h4,6,8,10-11,13-14H,2-3,5,7,9,12H2,1H3,(H,27,30)(H2,25,26,28,29). The average Bonchev–Trinajstić information content (AvgIpc) is 2.76. The maximum absolute atomic E-state index is 11.6. The molecule has 30 heavy (non-hydrogen) atoms. The number of hydrogen-bond donors (Lipinski definition) is 3. The quantitative estimate of drug-likeness (QED) is 0.573. The van der Waals surface area contributed by atoms with Crippen LogP contribution >= 0.6 is 0 Å². The van der Waals surface area contributed by atoms with Crippen LogP contribution in [-0.2, 0) is 24.1 Å². The van der Waals surface area contributed by atoms with Crippen molar-refractivity contribution < 1.29 is 4.79 Å². The number of rotatable bonds is 4. The molecule has 5 rings (SSSR count). The Bertz CT molecular complexity index is 1120. The minimum absolute atomic E-state index is 0.0730. The highest BCUT2D eigenvalue weighted by atomic mass is 16.1. The number of nitrogens with one attached hydrogen (secondary N) is 3. The summed E-state index contributed by atoms with van der Waals surface area (Å²) in [5.41, 5.74) is 7.92. The molecule has 2 heterocycles. The van der Waals surface area contributed by atoms with Gasteiger partial charge in [0.15, 0.2) is 0 Å². The SMILES string of the molecule is Cc1cnc(Nc2ccc3c(c2)CCC(=O)N3)nc1Nc1cccc2c1CCCC2. The first-order valence-corrected chi connectivity index (χ1v) is 10.6. The predicted molar refractivity (Wildman–Crippen MR) is 120 cm³/mol. The molecule has 1 amide bonds. The maximum Gasteiger partial charge on any atom is 0.229 e. The van der Waals surface area contributed by atoms with Crippen LogP contribution in [-0.4, -0.2) is 15.9 Å². The van der Waals surface area contributed by atoms with Crippen molar-refractivity contribution >= 4 is 34.7 Å². The van der Waals surface area contributed by atoms with Crippen molar-refractivity contribution in [2.24, 2.45) is 0 Å². The fourth-order valence-corrected chi connectivity index (χ4v) is 4.25. The summed E-state index contributed by atoms with van der Waals surface area (Å²) in [5.74, 6) is 1.44. The lowest BCUT2D eigenvalue weighted by Crippen LogP contribution is -2.18. The largest absolute Gasteiger partial charge is 0.340 e. The van der Waals surface area contributed by atoms with E-state index in [-0.39, 0.29) is 5.91 Å². The number of aromatic nitrogens is 2. The topological polar surface area (TPSA) is 78.9 Å². The molecule has 6 nitrogen and oxygen atoms in total. The number of aryl methyl sites for hydroxylation is 3. The zero-order chi connectivity index (χ0) is 20.5. The summed E-state index contributed by atoms with van der Waals surface area (Å²) in [6.07, 6.45) is 7.87. The number of carbonyl (C=O) groups is 1. The van der Waals surface area contributed by atoms with Crippen molar-refractivity contribution in [1.29, 1.82) is 0 Å². The van der Waals surface area contributed by atoms with Crippen LogP contribution in [0.5, 0.6) is 0 Å². The number of carbonyl (C=O) groups excluding carboxylic acids is 1. The van der Waals surface area contributed by atoms with Gasteiger partial charge in [0.2, 0.25) is 11.9 Å². The van der Waals surface area contributed by atoms with Crippen molar-refractivity contribution in [3.8, 4) is 0 Å². The Morgan fingerprint density at radius 1 is 0.967 bits per heavy atom. The van der Waals surface area contributed by atoms with Gasteiger partial charge >= 0.3 is 0 Å². The summed E-state index contributed by atoms with van der Waals surface area (Å²) in [6, 6.07) is 12.4. The smallest absolute Gasteiger partial charge is 0.229 e. The molecule has 1 aliphatic heterocycles. The third-order valence-electron chi connectivity index (χ3n) is 5.88. The van der Waals surface area contributed by atoms with E-state index in [1.165, 1.54) is 24.0 Å². The summed E-state index contributed by atoms with van der Waals surface area (Å²) in [7, 11) is 0. The fourth-order valence-electron chi connectivity index (χ4n) is 4.25. The molecular formula is C24H25N5O. The zero-order valence-corrected chi connectivity index (χ0v) is 17.1. The van der Waals surface area contributed by atoms with Crippen LogP contribution in [0.3, 0.4) is 0 Å². The highest BCUT2D eigenvalue weighted by Crippen LogP contribution is 2.31. The van der Waals surface area contributed by atoms with Crippen LogP contribution in [0.4, 0.5) is 28.8 Å². The lowest BCUT2D eigenvalue weighted by atomic mass is 9.90. The summed E-state index contributed by atoms with van der Waals surface area (Å²) in [4.78, 5) is 20.7. The van der Waals surface area contributed by atoms with Gasteiger partial charge in [-0.2, -0.15) is 4.98 Å². The van der Waals surface area contributed by atoms with E-state index in [0.29, 0.717) is 12.4 Å². The molecule has 0 radical (unpaired) electrons. The van der Waals surface area contributed by atoms with E-state index in [4.69, 9.17) is 4.98 Å². The minimum atomic E-state index is 0.0730. The van der Waals surface area contributed by atoms with Crippen molar-refractivity contribution in [3.05, 3.63) is 64.8 Å². The molecule has 0 bridgehead atoms. The van der Waals surface area contributed by atoms with Crippen LogP contribution in [0.25, 0.3) is 0 Å². The first-order chi connectivity index (χ1) is 14.7. The number of amides is 1. The van der Waals surface area contributed by atoms with Gasteiger partial charge in [-0.25, -0.2) is 4.98 Å². The Labute approximate surface area is 176 Å². The minimum Gasteiger partial charge on any atom is -0.340 e. The van der Waals surface area contributed by atoms with Crippen molar-refractivity contribution in [2.75, 3.05) is 16.0 Å². The Balaban J connectivity index is 1.39. The number of nitrogens with zero attached hydrogens (tertiary/aromatic N) is 2. The molecule has 0 spiro atoms. The Kier molecular flexibility index (Phi) is 4.83. The monoisotopic (exact) mass is 399 g/mol. The van der Waals surface area contributed by atoms with E-state index >= 15 is 0 Å². The van der Waals surface area contributed by atoms with Gasteiger partial charge in [0.1, 0.15) is 5.82 Å². The molecule has 152 valence electrons. The van der Waals surface area contributed by atoms with Gasteiger partial charge in [-0.1, -0.05) is 12.1 Å². The molecule has 3 N–H and O–H groups in total. The van der Waals surface area contributed by atoms with Crippen molar-refractivity contribution in [1.82, 2.24) is 9.97 Å². The van der Waals surface area contributed by atoms with Gasteiger partial charge in [0, 0.05) is 35.2 Å². The molecule has 0 saturated carbocycles. The lowest BCUT2D eigenvalue weighted by molar-refractivity contribution is -0.116. The van der Waals surface area contributed by atoms with E-state index in [1.54, 1.807) is 0 Å². The van der Waals surface area contributed by atoms with E-state index in [2.05, 4.69) is 45.2 Å². The normalized spacial score (nSPS) is 15.0. The first-order valence-electron chi connectivity index (χ1n) is 10.6. The predicted octanol–water partition coefficient (Wildman–Crippen LogP) is 5.04. The molecule has 0 fully saturated rings. The lowest BCUT2D eigenvalue weighted by Gasteiger charge is -2.20. The van der Waals surface area contributed by atoms with E-state index in [0.717, 1.165) is 53.3 Å². The number of benzene rings is 2. The number of anilines is 5. The molecule has 2 aromatic carbocycles. The highest BCUT2D eigenvalue weighted by molar-refractivity contribution is 5.94. The molecule has 2 aliphatic rings. The van der Waals surface area contributed by atoms with Gasteiger partial charge in [-0.05, 0) is 80.0 Å². The third-order valence-corrected chi connectivity index (χ3v) is 5.88. The average molecular weight is 399 g/mol.